The molecule has 0 bridgehead atoms. The molecule has 0 saturated heterocycles. The van der Waals surface area contributed by atoms with E-state index in [1.165, 1.54) is 12.1 Å². The highest BCUT2D eigenvalue weighted by Gasteiger charge is 2.24. The number of aliphatic imine (C=N–C) groups is 1. The molecule has 0 aromatic heterocycles. The number of nitrogens with one attached hydrogen (secondary N) is 1. The topological polar surface area (TPSA) is 50.7 Å². The van der Waals surface area contributed by atoms with Gasteiger partial charge in [0, 0.05) is 24.0 Å². The maximum atomic E-state index is 13.2. The van der Waals surface area contributed by atoms with Crippen molar-refractivity contribution in [3.8, 4) is 5.75 Å². The summed E-state index contributed by atoms with van der Waals surface area (Å²) in [5, 5.41) is 3.06. The number of ether oxygens (including phenoxy) is 1. The molecule has 0 radical (unpaired) electrons. The Bertz CT molecular complexity index is 925. The largest absolute Gasteiger partial charge is 0.492 e. The molecule has 0 aliphatic carbocycles. The molecule has 4 nitrogen and oxygen atoms in total. The first-order valence-corrected chi connectivity index (χ1v) is 9.54. The zero-order valence-corrected chi connectivity index (χ0v) is 17.1. The lowest BCUT2D eigenvalue weighted by Gasteiger charge is -2.25. The van der Waals surface area contributed by atoms with Crippen LogP contribution in [0.15, 0.2) is 35.3 Å². The van der Waals surface area contributed by atoms with E-state index in [1.807, 2.05) is 40.7 Å². The molecule has 2 aromatic carbocycles. The third-order valence-electron chi connectivity index (χ3n) is 4.66. The van der Waals surface area contributed by atoms with Crippen molar-refractivity contribution in [1.29, 1.82) is 0 Å². The van der Waals surface area contributed by atoms with Crippen molar-refractivity contribution in [3.05, 3.63) is 52.8 Å². The molecule has 1 aliphatic heterocycles. The highest BCUT2D eigenvalue weighted by molar-refractivity contribution is 6.07. The number of anilines is 1. The van der Waals surface area contributed by atoms with Gasteiger partial charge in [-0.2, -0.15) is 0 Å². The van der Waals surface area contributed by atoms with Crippen LogP contribution in [0.1, 0.15) is 50.3 Å². The zero-order chi connectivity index (χ0) is 20.5. The number of halogens is 1. The van der Waals surface area contributed by atoms with E-state index in [1.54, 1.807) is 12.1 Å². The molecule has 5 heteroatoms. The first kappa shape index (κ1) is 20.1. The lowest BCUT2D eigenvalue weighted by atomic mass is 9.91. The van der Waals surface area contributed by atoms with E-state index in [-0.39, 0.29) is 17.1 Å². The lowest BCUT2D eigenvalue weighted by molar-refractivity contribution is -0.117. The number of aryl methyl sites for hydroxylation is 1. The number of carbonyl (C=O) groups is 1. The Kier molecular flexibility index (Phi) is 5.54. The van der Waals surface area contributed by atoms with Gasteiger partial charge in [-0.1, -0.05) is 20.8 Å². The van der Waals surface area contributed by atoms with Crippen LogP contribution in [0.2, 0.25) is 0 Å². The average Bonchev–Trinajstić information content (AvgIpc) is 2.60. The summed E-state index contributed by atoms with van der Waals surface area (Å²) in [6.45, 7) is 10.6. The second-order valence-corrected chi connectivity index (χ2v) is 8.49. The van der Waals surface area contributed by atoms with E-state index >= 15 is 0 Å². The summed E-state index contributed by atoms with van der Waals surface area (Å²) in [5.74, 6) is 0.470. The standard InChI is InChI=1S/C23H27FN2O2/c1-14-12-18-19(25-17-8-6-16(24)7-9-17)10-11-28-22(18)15(2)21(14)26-20(27)13-23(3,4)5/h6-9,12H,10-11,13H2,1-5H3,(H,26,27). The van der Waals surface area contributed by atoms with Gasteiger partial charge < -0.3 is 10.1 Å². The van der Waals surface area contributed by atoms with Crippen molar-refractivity contribution in [3.63, 3.8) is 0 Å². The van der Waals surface area contributed by atoms with Gasteiger partial charge in [0.15, 0.2) is 0 Å². The lowest BCUT2D eigenvalue weighted by Crippen LogP contribution is -2.22. The molecule has 3 rings (SSSR count). The van der Waals surface area contributed by atoms with Gasteiger partial charge >= 0.3 is 0 Å². The Labute approximate surface area is 165 Å². The molecule has 28 heavy (non-hydrogen) atoms. The molecular formula is C23H27FN2O2. The molecule has 0 fully saturated rings. The summed E-state index contributed by atoms with van der Waals surface area (Å²) in [7, 11) is 0. The van der Waals surface area contributed by atoms with Crippen molar-refractivity contribution in [2.45, 2.75) is 47.5 Å². The van der Waals surface area contributed by atoms with Crippen molar-refractivity contribution in [2.75, 3.05) is 11.9 Å². The minimum absolute atomic E-state index is 0.00494. The van der Waals surface area contributed by atoms with Gasteiger partial charge in [0.05, 0.1) is 23.7 Å². The van der Waals surface area contributed by atoms with Crippen LogP contribution in [0, 0.1) is 25.1 Å². The van der Waals surface area contributed by atoms with Crippen molar-refractivity contribution in [2.24, 2.45) is 10.4 Å². The first-order chi connectivity index (χ1) is 13.1. The van der Waals surface area contributed by atoms with E-state index in [0.717, 1.165) is 33.8 Å². The number of fused-ring (bicyclic) bond motifs is 1. The Balaban J connectivity index is 1.96. The molecule has 1 aliphatic rings. The van der Waals surface area contributed by atoms with Crippen molar-refractivity contribution >= 4 is 23.0 Å². The van der Waals surface area contributed by atoms with Crippen LogP contribution < -0.4 is 10.1 Å². The van der Waals surface area contributed by atoms with E-state index in [4.69, 9.17) is 9.73 Å². The SMILES string of the molecule is Cc1cc2c(c(C)c1NC(=O)CC(C)(C)C)OCCC2=Nc1ccc(F)cc1. The second kappa shape index (κ2) is 7.74. The third kappa shape index (κ3) is 4.58. The van der Waals surface area contributed by atoms with Crippen LogP contribution in [0.4, 0.5) is 15.8 Å². The fourth-order valence-corrected chi connectivity index (χ4v) is 3.40. The van der Waals surface area contributed by atoms with Crippen molar-refractivity contribution in [1.82, 2.24) is 0 Å². The monoisotopic (exact) mass is 382 g/mol. The van der Waals surface area contributed by atoms with Crippen LogP contribution in [-0.4, -0.2) is 18.2 Å². The maximum Gasteiger partial charge on any atom is 0.224 e. The highest BCUT2D eigenvalue weighted by atomic mass is 19.1. The number of amides is 1. The smallest absolute Gasteiger partial charge is 0.224 e. The van der Waals surface area contributed by atoms with E-state index < -0.39 is 0 Å². The van der Waals surface area contributed by atoms with Gasteiger partial charge in [-0.05, 0) is 55.2 Å². The molecule has 0 unspecified atom stereocenters. The van der Waals surface area contributed by atoms with Gasteiger partial charge in [0.2, 0.25) is 5.91 Å². The van der Waals surface area contributed by atoms with E-state index in [0.29, 0.717) is 25.1 Å². The average molecular weight is 382 g/mol. The summed E-state index contributed by atoms with van der Waals surface area (Å²) < 4.78 is 19.1. The minimum Gasteiger partial charge on any atom is -0.492 e. The Morgan fingerprint density at radius 1 is 1.21 bits per heavy atom. The second-order valence-electron chi connectivity index (χ2n) is 8.49. The molecule has 0 atom stereocenters. The van der Waals surface area contributed by atoms with Gasteiger partial charge in [-0.3, -0.25) is 9.79 Å². The molecular weight excluding hydrogens is 355 g/mol. The molecule has 1 heterocycles. The molecule has 1 N–H and O–H groups in total. The Morgan fingerprint density at radius 2 is 1.89 bits per heavy atom. The Hall–Kier alpha value is -2.69. The number of nitrogens with zero attached hydrogens (tertiary/aromatic N) is 1. The van der Waals surface area contributed by atoms with Gasteiger partial charge in [0.25, 0.3) is 0 Å². The van der Waals surface area contributed by atoms with Crippen LogP contribution in [-0.2, 0) is 4.79 Å². The molecule has 0 saturated carbocycles. The van der Waals surface area contributed by atoms with Gasteiger partial charge in [-0.15, -0.1) is 0 Å². The maximum absolute atomic E-state index is 13.2. The quantitative estimate of drug-likeness (QED) is 0.738. The molecule has 0 spiro atoms. The number of hydrogen-bond acceptors (Lipinski definition) is 3. The third-order valence-corrected chi connectivity index (χ3v) is 4.66. The summed E-state index contributed by atoms with van der Waals surface area (Å²) in [5.41, 5.74) is 5.15. The summed E-state index contributed by atoms with van der Waals surface area (Å²) >= 11 is 0. The molecule has 2 aromatic rings. The molecule has 148 valence electrons. The zero-order valence-electron chi connectivity index (χ0n) is 17.1. The normalized spacial score (nSPS) is 15.1. The molecule has 1 amide bonds. The van der Waals surface area contributed by atoms with E-state index in [2.05, 4.69) is 5.32 Å². The van der Waals surface area contributed by atoms with Gasteiger partial charge in [0.1, 0.15) is 11.6 Å². The predicted molar refractivity (Wildman–Crippen MR) is 111 cm³/mol. The summed E-state index contributed by atoms with van der Waals surface area (Å²) in [6, 6.07) is 8.15. The van der Waals surface area contributed by atoms with E-state index in [9.17, 15) is 9.18 Å². The minimum atomic E-state index is -0.279. The summed E-state index contributed by atoms with van der Waals surface area (Å²) in [6.07, 6.45) is 1.13. The van der Waals surface area contributed by atoms with Gasteiger partial charge in [-0.25, -0.2) is 4.39 Å². The fraction of sp³-hybridized carbons (Fsp3) is 0.391. The first-order valence-electron chi connectivity index (χ1n) is 9.54. The Morgan fingerprint density at radius 3 is 2.54 bits per heavy atom. The number of hydrogen-bond donors (Lipinski definition) is 1. The van der Waals surface area contributed by atoms with Crippen LogP contribution in [0.5, 0.6) is 5.75 Å². The summed E-state index contributed by atoms with van der Waals surface area (Å²) in [4.78, 5) is 17.1. The van der Waals surface area contributed by atoms with Crippen LogP contribution >= 0.6 is 0 Å². The highest BCUT2D eigenvalue weighted by Crippen LogP contribution is 2.37. The number of benzene rings is 2. The number of rotatable bonds is 3. The number of carbonyl (C=O) groups excluding carboxylic acids is 1. The van der Waals surface area contributed by atoms with Crippen LogP contribution in [0.3, 0.4) is 0 Å². The van der Waals surface area contributed by atoms with Crippen LogP contribution in [0.25, 0.3) is 0 Å². The van der Waals surface area contributed by atoms with Crippen molar-refractivity contribution < 1.29 is 13.9 Å². The fourth-order valence-electron chi connectivity index (χ4n) is 3.40. The predicted octanol–water partition coefficient (Wildman–Crippen LogP) is 5.72.